The van der Waals surface area contributed by atoms with E-state index in [4.69, 9.17) is 4.52 Å². The molecule has 2 amide bonds. The van der Waals surface area contributed by atoms with Crippen LogP contribution in [0.2, 0.25) is 0 Å². The van der Waals surface area contributed by atoms with Crippen molar-refractivity contribution in [3.63, 3.8) is 0 Å². The van der Waals surface area contributed by atoms with E-state index >= 15 is 0 Å². The van der Waals surface area contributed by atoms with Crippen molar-refractivity contribution in [1.82, 2.24) is 19.8 Å². The Morgan fingerprint density at radius 2 is 2.21 bits per heavy atom. The number of aryl methyl sites for hydroxylation is 1. The van der Waals surface area contributed by atoms with Crippen molar-refractivity contribution in [2.24, 2.45) is 0 Å². The summed E-state index contributed by atoms with van der Waals surface area (Å²) in [5.41, 5.74) is 1.36. The van der Waals surface area contributed by atoms with Crippen LogP contribution >= 0.6 is 0 Å². The zero-order valence-corrected chi connectivity index (χ0v) is 13.5. The molecule has 4 rings (SSSR count). The molecule has 2 aromatic heterocycles. The highest BCUT2D eigenvalue weighted by atomic mass is 16.5. The van der Waals surface area contributed by atoms with Gasteiger partial charge in [0.25, 0.3) is 5.91 Å². The van der Waals surface area contributed by atoms with Gasteiger partial charge in [-0.15, -0.1) is 0 Å². The van der Waals surface area contributed by atoms with Crippen molar-refractivity contribution in [3.05, 3.63) is 29.9 Å². The number of amides is 2. The van der Waals surface area contributed by atoms with Gasteiger partial charge in [0.2, 0.25) is 5.91 Å². The Labute approximate surface area is 139 Å². The summed E-state index contributed by atoms with van der Waals surface area (Å²) in [6.07, 6.45) is 7.45. The molecule has 0 aliphatic carbocycles. The monoisotopic (exact) mass is 329 g/mol. The van der Waals surface area contributed by atoms with Crippen LogP contribution in [-0.2, 0) is 4.79 Å². The summed E-state index contributed by atoms with van der Waals surface area (Å²) in [4.78, 5) is 27.9. The van der Waals surface area contributed by atoms with Gasteiger partial charge in [-0.2, -0.15) is 5.10 Å². The molecule has 0 saturated carbocycles. The molecule has 0 N–H and O–H groups in total. The predicted molar refractivity (Wildman–Crippen MR) is 84.6 cm³/mol. The third-order valence-electron chi connectivity index (χ3n) is 4.78. The van der Waals surface area contributed by atoms with Crippen LogP contribution in [0.1, 0.15) is 41.4 Å². The Kier molecular flexibility index (Phi) is 3.59. The van der Waals surface area contributed by atoms with Crippen LogP contribution in [0.4, 0.5) is 5.69 Å². The maximum absolute atomic E-state index is 12.5. The highest BCUT2D eigenvalue weighted by Gasteiger charge is 2.31. The van der Waals surface area contributed by atoms with E-state index < -0.39 is 0 Å². The molecule has 2 saturated heterocycles. The number of carbonyl (C=O) groups is 2. The van der Waals surface area contributed by atoms with Gasteiger partial charge < -0.3 is 14.3 Å². The quantitative estimate of drug-likeness (QED) is 0.849. The highest BCUT2D eigenvalue weighted by Crippen LogP contribution is 2.27. The second kappa shape index (κ2) is 5.77. The van der Waals surface area contributed by atoms with Gasteiger partial charge in [0.15, 0.2) is 0 Å². The van der Waals surface area contributed by atoms with Crippen molar-refractivity contribution >= 4 is 17.5 Å². The molecular weight excluding hydrogens is 310 g/mol. The van der Waals surface area contributed by atoms with Gasteiger partial charge in [-0.1, -0.05) is 5.16 Å². The van der Waals surface area contributed by atoms with E-state index in [0.29, 0.717) is 30.8 Å². The molecule has 1 atom stereocenters. The molecule has 8 nitrogen and oxygen atoms in total. The molecule has 2 aliphatic heterocycles. The molecule has 0 bridgehead atoms. The largest absolute Gasteiger partial charge is 0.361 e. The Hall–Kier alpha value is -2.64. The molecular formula is C16H19N5O3. The minimum absolute atomic E-state index is 0.0571. The van der Waals surface area contributed by atoms with Gasteiger partial charge in [0.1, 0.15) is 11.3 Å². The summed E-state index contributed by atoms with van der Waals surface area (Å²) in [5.74, 6) is 0.636. The maximum atomic E-state index is 12.5. The molecule has 2 aromatic rings. The topological polar surface area (TPSA) is 84.5 Å². The fraction of sp³-hybridized carbons (Fsp3) is 0.500. The van der Waals surface area contributed by atoms with Gasteiger partial charge in [-0.05, 0) is 19.8 Å². The lowest BCUT2D eigenvalue weighted by Gasteiger charge is -2.16. The minimum atomic E-state index is -0.0571. The zero-order valence-electron chi connectivity index (χ0n) is 13.5. The molecule has 2 fully saturated rings. The summed E-state index contributed by atoms with van der Waals surface area (Å²) >= 11 is 0. The summed E-state index contributed by atoms with van der Waals surface area (Å²) in [5, 5.41) is 8.07. The van der Waals surface area contributed by atoms with Gasteiger partial charge in [-0.25, -0.2) is 0 Å². The average molecular weight is 329 g/mol. The SMILES string of the molecule is Cc1oncc1C(=O)N1CCC(n2cc(N3CCCC3=O)cn2)C1. The number of anilines is 1. The standard InChI is InChI=1S/C16H19N5O3/c1-11-14(8-18-24-11)16(23)19-6-4-12(9-19)21-10-13(7-17-21)20-5-2-3-15(20)22/h7-8,10,12H,2-6,9H2,1H3. The first-order valence-corrected chi connectivity index (χ1v) is 8.18. The van der Waals surface area contributed by atoms with E-state index in [-0.39, 0.29) is 17.9 Å². The van der Waals surface area contributed by atoms with Gasteiger partial charge in [0.05, 0.1) is 24.1 Å². The highest BCUT2D eigenvalue weighted by molar-refractivity contribution is 5.95. The average Bonchev–Trinajstić information content (AvgIpc) is 3.33. The van der Waals surface area contributed by atoms with Crippen LogP contribution in [-0.4, -0.2) is 51.3 Å². The number of aromatic nitrogens is 3. The summed E-state index contributed by atoms with van der Waals surface area (Å²) in [6, 6.07) is 0.126. The van der Waals surface area contributed by atoms with Gasteiger partial charge >= 0.3 is 0 Å². The fourth-order valence-electron chi connectivity index (χ4n) is 3.40. The van der Waals surface area contributed by atoms with E-state index in [1.165, 1.54) is 6.20 Å². The normalized spacial score (nSPS) is 21.0. The van der Waals surface area contributed by atoms with Crippen LogP contribution in [0.15, 0.2) is 23.1 Å². The smallest absolute Gasteiger partial charge is 0.259 e. The van der Waals surface area contributed by atoms with Crippen molar-refractivity contribution in [2.45, 2.75) is 32.2 Å². The second-order valence-electron chi connectivity index (χ2n) is 6.32. The van der Waals surface area contributed by atoms with Crippen molar-refractivity contribution in [3.8, 4) is 0 Å². The number of nitrogens with zero attached hydrogens (tertiary/aromatic N) is 5. The first-order chi connectivity index (χ1) is 11.6. The fourth-order valence-corrected chi connectivity index (χ4v) is 3.40. The van der Waals surface area contributed by atoms with Crippen LogP contribution in [0.3, 0.4) is 0 Å². The number of hydrogen-bond donors (Lipinski definition) is 0. The molecule has 4 heterocycles. The zero-order chi connectivity index (χ0) is 16.7. The first kappa shape index (κ1) is 14.9. The number of carbonyl (C=O) groups excluding carboxylic acids is 2. The molecule has 126 valence electrons. The van der Waals surface area contributed by atoms with E-state index in [2.05, 4.69) is 10.3 Å². The molecule has 1 unspecified atom stereocenters. The number of hydrogen-bond acceptors (Lipinski definition) is 5. The minimum Gasteiger partial charge on any atom is -0.361 e. The van der Waals surface area contributed by atoms with E-state index in [0.717, 1.165) is 25.1 Å². The summed E-state index contributed by atoms with van der Waals surface area (Å²) in [6.45, 7) is 3.76. The Balaban J connectivity index is 1.45. The van der Waals surface area contributed by atoms with Crippen molar-refractivity contribution in [2.75, 3.05) is 24.5 Å². The molecule has 24 heavy (non-hydrogen) atoms. The van der Waals surface area contributed by atoms with E-state index in [9.17, 15) is 9.59 Å². The van der Waals surface area contributed by atoms with Crippen molar-refractivity contribution in [1.29, 1.82) is 0 Å². The first-order valence-electron chi connectivity index (χ1n) is 8.18. The molecule has 2 aliphatic rings. The maximum Gasteiger partial charge on any atom is 0.259 e. The molecule has 8 heteroatoms. The van der Waals surface area contributed by atoms with Gasteiger partial charge in [-0.3, -0.25) is 14.3 Å². The van der Waals surface area contributed by atoms with Crippen LogP contribution in [0.5, 0.6) is 0 Å². The molecule has 0 radical (unpaired) electrons. The third kappa shape index (κ3) is 2.47. The van der Waals surface area contributed by atoms with E-state index in [1.54, 1.807) is 22.9 Å². The summed E-state index contributed by atoms with van der Waals surface area (Å²) in [7, 11) is 0. The molecule has 0 spiro atoms. The summed E-state index contributed by atoms with van der Waals surface area (Å²) < 4.78 is 6.84. The number of rotatable bonds is 3. The third-order valence-corrected chi connectivity index (χ3v) is 4.78. The van der Waals surface area contributed by atoms with Crippen LogP contribution in [0.25, 0.3) is 0 Å². The van der Waals surface area contributed by atoms with Crippen LogP contribution < -0.4 is 4.90 Å². The van der Waals surface area contributed by atoms with Crippen LogP contribution in [0, 0.1) is 6.92 Å². The van der Waals surface area contributed by atoms with Crippen molar-refractivity contribution < 1.29 is 14.1 Å². The number of likely N-dealkylation sites (tertiary alicyclic amines) is 1. The molecule has 0 aromatic carbocycles. The Morgan fingerprint density at radius 1 is 1.33 bits per heavy atom. The lowest BCUT2D eigenvalue weighted by molar-refractivity contribution is -0.117. The Bertz CT molecular complexity index is 780. The predicted octanol–water partition coefficient (Wildman–Crippen LogP) is 1.39. The van der Waals surface area contributed by atoms with E-state index in [1.807, 2.05) is 10.9 Å². The lowest BCUT2D eigenvalue weighted by Crippen LogP contribution is -2.29. The van der Waals surface area contributed by atoms with Gasteiger partial charge in [0, 0.05) is 32.3 Å². The second-order valence-corrected chi connectivity index (χ2v) is 6.32. The Morgan fingerprint density at radius 3 is 2.92 bits per heavy atom. The lowest BCUT2D eigenvalue weighted by atomic mass is 10.2.